The minimum Gasteiger partial charge on any atom is -0.356 e. The van der Waals surface area contributed by atoms with Crippen molar-refractivity contribution in [3.05, 3.63) is 40.4 Å². The van der Waals surface area contributed by atoms with Gasteiger partial charge in [0.25, 0.3) is 0 Å². The highest BCUT2D eigenvalue weighted by molar-refractivity contribution is 5.82. The molecule has 0 aliphatic carbocycles. The van der Waals surface area contributed by atoms with Gasteiger partial charge in [-0.1, -0.05) is 23.3 Å². The first-order chi connectivity index (χ1) is 9.40. The first-order valence-electron chi connectivity index (χ1n) is 6.49. The fourth-order valence-corrected chi connectivity index (χ4v) is 2.51. The molecule has 0 bridgehead atoms. The van der Waals surface area contributed by atoms with E-state index in [0.29, 0.717) is 0 Å². The van der Waals surface area contributed by atoms with Crippen LogP contribution in [0.3, 0.4) is 0 Å². The lowest BCUT2D eigenvalue weighted by Crippen LogP contribution is -2.19. The predicted octanol–water partition coefficient (Wildman–Crippen LogP) is 3.55. The number of azide groups is 1. The van der Waals surface area contributed by atoms with E-state index in [1.807, 2.05) is 28.9 Å². The SMILES string of the molecule is [N-]=[N+]=NCc1nn(C2CCCCO2)c2ccccc12. The molecule has 0 spiro atoms. The average molecular weight is 257 g/mol. The summed E-state index contributed by atoms with van der Waals surface area (Å²) < 4.78 is 7.71. The highest BCUT2D eigenvalue weighted by Gasteiger charge is 2.20. The highest BCUT2D eigenvalue weighted by atomic mass is 16.5. The molecule has 1 aliphatic rings. The molecular weight excluding hydrogens is 242 g/mol. The fraction of sp³-hybridized carbons (Fsp3) is 0.462. The molecule has 1 fully saturated rings. The van der Waals surface area contributed by atoms with Gasteiger partial charge in [-0.15, -0.1) is 0 Å². The Bertz CT molecular complexity index is 623. The number of para-hydroxylation sites is 1. The predicted molar refractivity (Wildman–Crippen MR) is 71.4 cm³/mol. The smallest absolute Gasteiger partial charge is 0.150 e. The van der Waals surface area contributed by atoms with Crippen molar-refractivity contribution >= 4 is 10.9 Å². The Kier molecular flexibility index (Phi) is 3.35. The van der Waals surface area contributed by atoms with E-state index >= 15 is 0 Å². The molecule has 1 saturated heterocycles. The Morgan fingerprint density at radius 2 is 2.32 bits per heavy atom. The molecule has 3 rings (SSSR count). The van der Waals surface area contributed by atoms with Crippen LogP contribution in [0.1, 0.15) is 31.2 Å². The summed E-state index contributed by atoms with van der Waals surface area (Å²) in [6.07, 6.45) is 3.25. The third kappa shape index (κ3) is 2.28. The first kappa shape index (κ1) is 12.0. The molecule has 6 nitrogen and oxygen atoms in total. The second-order valence-corrected chi connectivity index (χ2v) is 4.62. The molecule has 2 heterocycles. The van der Waals surface area contributed by atoms with Crippen LogP contribution in [0.2, 0.25) is 0 Å². The lowest BCUT2D eigenvalue weighted by molar-refractivity contribution is -0.0368. The summed E-state index contributed by atoms with van der Waals surface area (Å²) in [7, 11) is 0. The Balaban J connectivity index is 2.05. The lowest BCUT2D eigenvalue weighted by atomic mass is 10.2. The second kappa shape index (κ2) is 5.30. The standard InChI is InChI=1S/C13H15N5O/c14-17-15-9-11-10-5-1-2-6-12(10)18(16-11)13-7-3-4-8-19-13/h1-2,5-6,13H,3-4,7-9H2. The number of nitrogens with zero attached hydrogens (tertiary/aromatic N) is 5. The summed E-state index contributed by atoms with van der Waals surface area (Å²) in [4.78, 5) is 2.80. The van der Waals surface area contributed by atoms with E-state index in [4.69, 9.17) is 10.3 Å². The zero-order valence-corrected chi connectivity index (χ0v) is 10.6. The summed E-state index contributed by atoms with van der Waals surface area (Å²) >= 11 is 0. The maximum Gasteiger partial charge on any atom is 0.150 e. The van der Waals surface area contributed by atoms with Crippen molar-refractivity contribution in [1.82, 2.24) is 9.78 Å². The molecule has 1 aromatic heterocycles. The third-order valence-electron chi connectivity index (χ3n) is 3.40. The Morgan fingerprint density at radius 3 is 3.11 bits per heavy atom. The van der Waals surface area contributed by atoms with Gasteiger partial charge in [-0.3, -0.25) is 0 Å². The van der Waals surface area contributed by atoms with Crippen molar-refractivity contribution in [2.45, 2.75) is 32.0 Å². The molecule has 1 unspecified atom stereocenters. The van der Waals surface area contributed by atoms with Crippen LogP contribution in [0.5, 0.6) is 0 Å². The second-order valence-electron chi connectivity index (χ2n) is 4.62. The van der Waals surface area contributed by atoms with Crippen LogP contribution in [0.4, 0.5) is 0 Å². The number of aromatic nitrogens is 2. The van der Waals surface area contributed by atoms with Crippen LogP contribution in [0.15, 0.2) is 29.4 Å². The van der Waals surface area contributed by atoms with E-state index in [1.54, 1.807) is 0 Å². The van der Waals surface area contributed by atoms with Gasteiger partial charge >= 0.3 is 0 Å². The Morgan fingerprint density at radius 1 is 1.42 bits per heavy atom. The van der Waals surface area contributed by atoms with E-state index < -0.39 is 0 Å². The largest absolute Gasteiger partial charge is 0.356 e. The molecule has 0 N–H and O–H groups in total. The molecule has 98 valence electrons. The van der Waals surface area contributed by atoms with Crippen molar-refractivity contribution in [2.75, 3.05) is 6.61 Å². The molecule has 0 amide bonds. The number of benzene rings is 1. The van der Waals surface area contributed by atoms with Crippen LogP contribution >= 0.6 is 0 Å². The van der Waals surface area contributed by atoms with Gasteiger partial charge in [0.1, 0.15) is 0 Å². The van der Waals surface area contributed by atoms with Crippen molar-refractivity contribution in [1.29, 1.82) is 0 Å². The van der Waals surface area contributed by atoms with Gasteiger partial charge in [-0.25, -0.2) is 4.68 Å². The normalized spacial score (nSPS) is 19.3. The minimum atomic E-state index is -0.00142. The van der Waals surface area contributed by atoms with Crippen LogP contribution in [0.25, 0.3) is 21.3 Å². The molecule has 1 aliphatic heterocycles. The van der Waals surface area contributed by atoms with Crippen LogP contribution in [-0.2, 0) is 11.3 Å². The number of rotatable bonds is 3. The number of hydrogen-bond donors (Lipinski definition) is 0. The summed E-state index contributed by atoms with van der Waals surface area (Å²) in [5.41, 5.74) is 10.3. The van der Waals surface area contributed by atoms with Gasteiger partial charge in [0.05, 0.1) is 17.8 Å². The molecular formula is C13H15N5O. The summed E-state index contributed by atoms with van der Waals surface area (Å²) in [5.74, 6) is 0. The maximum atomic E-state index is 8.45. The Labute approximate surface area is 110 Å². The third-order valence-corrected chi connectivity index (χ3v) is 3.40. The van der Waals surface area contributed by atoms with Gasteiger partial charge in [-0.2, -0.15) is 5.10 Å². The lowest BCUT2D eigenvalue weighted by Gasteiger charge is -2.23. The van der Waals surface area contributed by atoms with Crippen LogP contribution in [-0.4, -0.2) is 16.4 Å². The summed E-state index contributed by atoms with van der Waals surface area (Å²) in [5, 5.41) is 9.22. The Hall–Kier alpha value is -2.04. The van der Waals surface area contributed by atoms with Gasteiger partial charge in [-0.05, 0) is 30.9 Å². The van der Waals surface area contributed by atoms with Crippen LogP contribution in [0, 0.1) is 0 Å². The molecule has 19 heavy (non-hydrogen) atoms. The molecule has 0 saturated carbocycles. The van der Waals surface area contributed by atoms with Crippen molar-refractivity contribution in [3.63, 3.8) is 0 Å². The van der Waals surface area contributed by atoms with E-state index in [1.165, 1.54) is 0 Å². The highest BCUT2D eigenvalue weighted by Crippen LogP contribution is 2.28. The molecule has 2 aromatic rings. The molecule has 0 radical (unpaired) electrons. The van der Waals surface area contributed by atoms with Gasteiger partial charge in [0.15, 0.2) is 6.23 Å². The summed E-state index contributed by atoms with van der Waals surface area (Å²) in [6.45, 7) is 1.06. The number of fused-ring (bicyclic) bond motifs is 1. The number of hydrogen-bond acceptors (Lipinski definition) is 3. The monoisotopic (exact) mass is 257 g/mol. The zero-order valence-electron chi connectivity index (χ0n) is 10.6. The van der Waals surface area contributed by atoms with E-state index in [0.717, 1.165) is 42.5 Å². The van der Waals surface area contributed by atoms with Crippen molar-refractivity contribution in [3.8, 4) is 0 Å². The van der Waals surface area contributed by atoms with Crippen molar-refractivity contribution < 1.29 is 4.74 Å². The zero-order chi connectivity index (χ0) is 13.1. The molecule has 1 aromatic carbocycles. The summed E-state index contributed by atoms with van der Waals surface area (Å²) in [6, 6.07) is 7.99. The maximum absolute atomic E-state index is 8.45. The minimum absolute atomic E-state index is 0.00142. The topological polar surface area (TPSA) is 75.8 Å². The first-order valence-corrected chi connectivity index (χ1v) is 6.49. The average Bonchev–Trinajstić information content (AvgIpc) is 2.85. The quantitative estimate of drug-likeness (QED) is 0.479. The fourth-order valence-electron chi connectivity index (χ4n) is 2.51. The van der Waals surface area contributed by atoms with Gasteiger partial charge < -0.3 is 4.74 Å². The van der Waals surface area contributed by atoms with E-state index in [9.17, 15) is 0 Å². The molecule has 1 atom stereocenters. The van der Waals surface area contributed by atoms with E-state index in [2.05, 4.69) is 15.1 Å². The van der Waals surface area contributed by atoms with Crippen LogP contribution < -0.4 is 0 Å². The van der Waals surface area contributed by atoms with E-state index in [-0.39, 0.29) is 12.8 Å². The van der Waals surface area contributed by atoms with Gasteiger partial charge in [0.2, 0.25) is 0 Å². The molecule has 6 heteroatoms. The van der Waals surface area contributed by atoms with Gasteiger partial charge in [0, 0.05) is 16.9 Å². The van der Waals surface area contributed by atoms with Crippen molar-refractivity contribution in [2.24, 2.45) is 5.11 Å². The number of ether oxygens (including phenoxy) is 1.